The molecule has 0 saturated carbocycles. The maximum Gasteiger partial charge on any atom is 0.103 e. The van der Waals surface area contributed by atoms with E-state index in [1.165, 1.54) is 25.0 Å². The zero-order valence-electron chi connectivity index (χ0n) is 12.1. The quantitative estimate of drug-likeness (QED) is 0.907. The number of rotatable bonds is 5. The zero-order chi connectivity index (χ0) is 13.8. The van der Waals surface area contributed by atoms with Crippen molar-refractivity contribution in [1.29, 1.82) is 0 Å². The van der Waals surface area contributed by atoms with E-state index in [1.54, 1.807) is 6.26 Å². The first-order valence-corrected chi connectivity index (χ1v) is 7.62. The van der Waals surface area contributed by atoms with Crippen molar-refractivity contribution in [2.45, 2.75) is 51.1 Å². The summed E-state index contributed by atoms with van der Waals surface area (Å²) in [5.74, 6) is 1.06. The molecule has 0 radical (unpaired) electrons. The van der Waals surface area contributed by atoms with Crippen molar-refractivity contribution in [3.8, 4) is 0 Å². The Labute approximate surface area is 120 Å². The fourth-order valence-corrected chi connectivity index (χ4v) is 3.00. The van der Waals surface area contributed by atoms with Crippen LogP contribution >= 0.6 is 0 Å². The fraction of sp³-hybridized carbons (Fsp3) is 0.562. The van der Waals surface area contributed by atoms with Gasteiger partial charge in [-0.1, -0.05) is 6.42 Å². The molecule has 0 amide bonds. The molecule has 1 fully saturated rings. The minimum atomic E-state index is 0.446. The lowest BCUT2D eigenvalue weighted by Crippen LogP contribution is -2.29. The van der Waals surface area contributed by atoms with Gasteiger partial charge in [0.05, 0.1) is 18.3 Å². The Balaban J connectivity index is 1.65. The summed E-state index contributed by atoms with van der Waals surface area (Å²) in [4.78, 5) is 4.36. The highest BCUT2D eigenvalue weighted by Crippen LogP contribution is 2.26. The second kappa shape index (κ2) is 6.27. The minimum Gasteiger partial charge on any atom is -0.469 e. The number of aromatic nitrogens is 2. The first kappa shape index (κ1) is 13.4. The van der Waals surface area contributed by atoms with Crippen LogP contribution in [0.15, 0.2) is 35.3 Å². The Kier molecular flexibility index (Phi) is 4.21. The predicted molar refractivity (Wildman–Crippen MR) is 78.6 cm³/mol. The molecule has 1 saturated heterocycles. The van der Waals surface area contributed by atoms with Gasteiger partial charge in [-0.25, -0.2) is 4.98 Å². The van der Waals surface area contributed by atoms with E-state index in [2.05, 4.69) is 21.8 Å². The Hall–Kier alpha value is -1.55. The van der Waals surface area contributed by atoms with E-state index in [1.807, 2.05) is 24.7 Å². The van der Waals surface area contributed by atoms with E-state index in [0.717, 1.165) is 25.1 Å². The van der Waals surface area contributed by atoms with Gasteiger partial charge in [-0.15, -0.1) is 0 Å². The standard InChI is InChI=1S/C16H23N3O/c1-13(7-8-14-5-4-10-20-14)19-12-17-11-16(19)15-6-2-3-9-18-15/h4-5,10-13,15,18H,2-3,6-9H2,1H3. The van der Waals surface area contributed by atoms with E-state index in [4.69, 9.17) is 4.42 Å². The molecule has 0 bridgehead atoms. The van der Waals surface area contributed by atoms with E-state index < -0.39 is 0 Å². The predicted octanol–water partition coefficient (Wildman–Crippen LogP) is 3.48. The molecule has 3 rings (SSSR count). The van der Waals surface area contributed by atoms with Crippen LogP contribution in [0.25, 0.3) is 0 Å². The molecule has 2 atom stereocenters. The van der Waals surface area contributed by atoms with E-state index in [0.29, 0.717) is 12.1 Å². The van der Waals surface area contributed by atoms with E-state index >= 15 is 0 Å². The summed E-state index contributed by atoms with van der Waals surface area (Å²) in [5, 5.41) is 3.61. The smallest absolute Gasteiger partial charge is 0.103 e. The van der Waals surface area contributed by atoms with E-state index in [9.17, 15) is 0 Å². The average Bonchev–Trinajstić information content (AvgIpc) is 3.17. The molecule has 1 N–H and O–H groups in total. The maximum absolute atomic E-state index is 5.41. The number of imidazole rings is 1. The lowest BCUT2D eigenvalue weighted by atomic mass is 10.0. The molecule has 1 aliphatic heterocycles. The van der Waals surface area contributed by atoms with Gasteiger partial charge in [-0.3, -0.25) is 0 Å². The lowest BCUT2D eigenvalue weighted by Gasteiger charge is -2.26. The number of aryl methyl sites for hydroxylation is 1. The molecule has 2 aromatic heterocycles. The van der Waals surface area contributed by atoms with Gasteiger partial charge in [-0.05, 0) is 44.9 Å². The summed E-state index contributed by atoms with van der Waals surface area (Å²) in [5.41, 5.74) is 1.33. The van der Waals surface area contributed by atoms with Crippen LogP contribution in [0.2, 0.25) is 0 Å². The molecule has 4 nitrogen and oxygen atoms in total. The van der Waals surface area contributed by atoms with Gasteiger partial charge in [0.1, 0.15) is 5.76 Å². The van der Waals surface area contributed by atoms with Gasteiger partial charge in [0.2, 0.25) is 0 Å². The van der Waals surface area contributed by atoms with Crippen molar-refractivity contribution in [3.63, 3.8) is 0 Å². The zero-order valence-corrected chi connectivity index (χ0v) is 12.1. The van der Waals surface area contributed by atoms with Gasteiger partial charge >= 0.3 is 0 Å². The Morgan fingerprint density at radius 2 is 2.45 bits per heavy atom. The summed E-state index contributed by atoms with van der Waals surface area (Å²) in [6, 6.07) is 4.91. The summed E-state index contributed by atoms with van der Waals surface area (Å²) < 4.78 is 7.74. The number of nitrogens with zero attached hydrogens (tertiary/aromatic N) is 2. The molecule has 2 unspecified atom stereocenters. The number of nitrogens with one attached hydrogen (secondary N) is 1. The van der Waals surface area contributed by atoms with Gasteiger partial charge in [0.25, 0.3) is 0 Å². The van der Waals surface area contributed by atoms with Crippen molar-refractivity contribution in [3.05, 3.63) is 42.4 Å². The van der Waals surface area contributed by atoms with Crippen molar-refractivity contribution >= 4 is 0 Å². The molecule has 108 valence electrons. The molecule has 3 heterocycles. The number of hydrogen-bond donors (Lipinski definition) is 1. The molecule has 2 aromatic rings. The van der Waals surface area contributed by atoms with Gasteiger partial charge in [-0.2, -0.15) is 0 Å². The normalized spacial score (nSPS) is 20.9. The fourth-order valence-electron chi connectivity index (χ4n) is 3.00. The highest BCUT2D eigenvalue weighted by molar-refractivity contribution is 5.08. The second-order valence-corrected chi connectivity index (χ2v) is 5.70. The monoisotopic (exact) mass is 273 g/mol. The number of hydrogen-bond acceptors (Lipinski definition) is 3. The lowest BCUT2D eigenvalue weighted by molar-refractivity contribution is 0.374. The molecular weight excluding hydrogens is 250 g/mol. The van der Waals surface area contributed by atoms with Crippen LogP contribution in [-0.2, 0) is 6.42 Å². The summed E-state index contributed by atoms with van der Waals surface area (Å²) >= 11 is 0. The topological polar surface area (TPSA) is 43.0 Å². The van der Waals surface area contributed by atoms with Crippen molar-refractivity contribution < 1.29 is 4.42 Å². The largest absolute Gasteiger partial charge is 0.469 e. The first-order chi connectivity index (χ1) is 9.84. The Morgan fingerprint density at radius 1 is 1.50 bits per heavy atom. The Morgan fingerprint density at radius 3 is 3.20 bits per heavy atom. The van der Waals surface area contributed by atoms with E-state index in [-0.39, 0.29) is 0 Å². The highest BCUT2D eigenvalue weighted by atomic mass is 16.3. The summed E-state index contributed by atoms with van der Waals surface area (Å²) in [6.07, 6.45) is 11.6. The van der Waals surface area contributed by atoms with Crippen LogP contribution < -0.4 is 5.32 Å². The summed E-state index contributed by atoms with van der Waals surface area (Å²) in [7, 11) is 0. The number of piperidine rings is 1. The minimum absolute atomic E-state index is 0.446. The molecule has 20 heavy (non-hydrogen) atoms. The molecule has 0 spiro atoms. The molecule has 4 heteroatoms. The van der Waals surface area contributed by atoms with Crippen LogP contribution in [0.4, 0.5) is 0 Å². The first-order valence-electron chi connectivity index (χ1n) is 7.62. The summed E-state index contributed by atoms with van der Waals surface area (Å²) in [6.45, 7) is 3.38. The molecule has 1 aliphatic rings. The highest BCUT2D eigenvalue weighted by Gasteiger charge is 2.20. The molecule has 0 aliphatic carbocycles. The third-order valence-corrected chi connectivity index (χ3v) is 4.23. The Bertz CT molecular complexity index is 512. The number of furan rings is 1. The van der Waals surface area contributed by atoms with Crippen LogP contribution in [0.1, 0.15) is 56.1 Å². The maximum atomic E-state index is 5.41. The van der Waals surface area contributed by atoms with Gasteiger partial charge in [0, 0.05) is 24.7 Å². The van der Waals surface area contributed by atoms with Crippen molar-refractivity contribution in [2.24, 2.45) is 0 Å². The van der Waals surface area contributed by atoms with Gasteiger partial charge < -0.3 is 14.3 Å². The van der Waals surface area contributed by atoms with Crippen LogP contribution in [0, 0.1) is 0 Å². The van der Waals surface area contributed by atoms with Crippen molar-refractivity contribution in [1.82, 2.24) is 14.9 Å². The van der Waals surface area contributed by atoms with Crippen LogP contribution in [-0.4, -0.2) is 16.1 Å². The third-order valence-electron chi connectivity index (χ3n) is 4.23. The third kappa shape index (κ3) is 2.96. The SMILES string of the molecule is CC(CCc1ccco1)n1cncc1C1CCCCN1. The van der Waals surface area contributed by atoms with Crippen LogP contribution in [0.5, 0.6) is 0 Å². The van der Waals surface area contributed by atoms with Crippen LogP contribution in [0.3, 0.4) is 0 Å². The molecular formula is C16H23N3O. The average molecular weight is 273 g/mol. The second-order valence-electron chi connectivity index (χ2n) is 5.70. The van der Waals surface area contributed by atoms with Crippen molar-refractivity contribution in [2.75, 3.05) is 6.54 Å². The molecule has 0 aromatic carbocycles. The van der Waals surface area contributed by atoms with Gasteiger partial charge in [0.15, 0.2) is 0 Å².